The molecule has 4 aliphatic heterocycles. The lowest BCUT2D eigenvalue weighted by Gasteiger charge is -2.31. The van der Waals surface area contributed by atoms with Gasteiger partial charge in [0, 0.05) is 50.3 Å². The molecule has 0 amide bonds. The summed E-state index contributed by atoms with van der Waals surface area (Å²) in [5.41, 5.74) is 13.7. The van der Waals surface area contributed by atoms with Gasteiger partial charge in [0.25, 0.3) is 0 Å². The van der Waals surface area contributed by atoms with Crippen LogP contribution in [-0.2, 0) is 45.4 Å². The smallest absolute Gasteiger partial charge is 0.0331 e. The van der Waals surface area contributed by atoms with E-state index in [1.807, 2.05) is 0 Å². The highest BCUT2D eigenvalue weighted by molar-refractivity contribution is 5.34. The van der Waals surface area contributed by atoms with Gasteiger partial charge in [0.05, 0.1) is 0 Å². The van der Waals surface area contributed by atoms with Gasteiger partial charge in [0.15, 0.2) is 0 Å². The van der Waals surface area contributed by atoms with E-state index >= 15 is 0 Å². The zero-order valence-corrected chi connectivity index (χ0v) is 39.3. The molecule has 0 aromatic heterocycles. The molecule has 0 radical (unpaired) electrons. The second-order valence-corrected chi connectivity index (χ2v) is 22.8. The second kappa shape index (κ2) is 20.5. The standard InChI is InChI=1S/3C14H21N.C13H19N/c3*1-14(2,3)9-13-8-11-6-4-5-7-12(11)10-15-13;1-13(2,3)8-12-11-7-5-4-6-10(11)9-14-12/h3*4-7,13,15H,8-10H2,1-3H3;4-7,12,14H,8-9H2,1-3H3/t2*13-;;/m10../s1. The van der Waals surface area contributed by atoms with Crippen molar-refractivity contribution in [3.63, 3.8) is 0 Å². The lowest BCUT2D eigenvalue weighted by molar-refractivity contribution is 0.298. The van der Waals surface area contributed by atoms with Gasteiger partial charge >= 0.3 is 0 Å². The summed E-state index contributed by atoms with van der Waals surface area (Å²) in [6, 6.07) is 37.6. The molecular formula is C55H82N4. The number of rotatable bonds is 4. The maximum absolute atomic E-state index is 3.63. The SMILES string of the molecule is CC(C)(C)CC1Cc2ccccc2CN1.CC(C)(C)CC1NCc2ccccc21.CC(C)(C)C[C@@H]1Cc2ccccc2CN1.CC(C)(C)C[C@H]1Cc2ccccc2CN1. The van der Waals surface area contributed by atoms with E-state index in [1.165, 1.54) is 89.5 Å². The molecule has 0 aliphatic carbocycles. The first-order valence-electron chi connectivity index (χ1n) is 22.9. The molecule has 0 bridgehead atoms. The average molecular weight is 799 g/mol. The van der Waals surface area contributed by atoms with Crippen LogP contribution in [0.15, 0.2) is 97.1 Å². The van der Waals surface area contributed by atoms with Crippen molar-refractivity contribution in [1.82, 2.24) is 21.3 Å². The second-order valence-electron chi connectivity index (χ2n) is 22.8. The first kappa shape index (κ1) is 46.8. The Morgan fingerprint density at radius 2 is 0.610 bits per heavy atom. The Balaban J connectivity index is 0.000000150. The minimum Gasteiger partial charge on any atom is -0.310 e. The zero-order valence-electron chi connectivity index (χ0n) is 39.3. The number of benzene rings is 4. The molecule has 4 nitrogen and oxygen atoms in total. The quantitative estimate of drug-likeness (QED) is 0.166. The molecule has 0 saturated carbocycles. The van der Waals surface area contributed by atoms with Crippen LogP contribution in [0.4, 0.5) is 0 Å². The van der Waals surface area contributed by atoms with Crippen molar-refractivity contribution in [2.45, 2.75) is 178 Å². The first-order valence-corrected chi connectivity index (χ1v) is 22.9. The molecule has 4 aromatic rings. The van der Waals surface area contributed by atoms with Gasteiger partial charge in [-0.25, -0.2) is 0 Å². The molecule has 4 aliphatic rings. The molecule has 4 heteroatoms. The van der Waals surface area contributed by atoms with Crippen molar-refractivity contribution in [2.75, 3.05) is 0 Å². The summed E-state index contributed by atoms with van der Waals surface area (Å²) in [5, 5.41) is 14.5. The minimum atomic E-state index is 0.398. The Morgan fingerprint density at radius 3 is 0.932 bits per heavy atom. The van der Waals surface area contributed by atoms with E-state index in [0.717, 1.165) is 26.2 Å². The monoisotopic (exact) mass is 799 g/mol. The Hall–Kier alpha value is -3.28. The van der Waals surface area contributed by atoms with E-state index in [0.29, 0.717) is 45.8 Å². The fourth-order valence-corrected chi connectivity index (χ4v) is 9.39. The van der Waals surface area contributed by atoms with Crippen LogP contribution in [0.3, 0.4) is 0 Å². The van der Waals surface area contributed by atoms with Crippen molar-refractivity contribution in [2.24, 2.45) is 21.7 Å². The van der Waals surface area contributed by atoms with Crippen LogP contribution in [0.25, 0.3) is 0 Å². The summed E-state index contributed by atoms with van der Waals surface area (Å²) in [6.45, 7) is 31.9. The highest BCUT2D eigenvalue weighted by Gasteiger charge is 2.27. The van der Waals surface area contributed by atoms with Crippen LogP contribution in [0.1, 0.15) is 159 Å². The molecule has 0 spiro atoms. The average Bonchev–Trinajstić information content (AvgIpc) is 3.55. The third-order valence-corrected chi connectivity index (χ3v) is 11.9. The molecule has 322 valence electrons. The van der Waals surface area contributed by atoms with E-state index in [4.69, 9.17) is 0 Å². The lowest BCUT2D eigenvalue weighted by Crippen LogP contribution is -2.38. The molecule has 0 saturated heterocycles. The summed E-state index contributed by atoms with van der Waals surface area (Å²) in [7, 11) is 0. The first-order chi connectivity index (χ1) is 27.7. The zero-order chi connectivity index (χ0) is 42.8. The Labute approximate surface area is 361 Å². The number of hydrogen-bond acceptors (Lipinski definition) is 4. The molecule has 2 unspecified atom stereocenters. The van der Waals surface area contributed by atoms with Crippen molar-refractivity contribution in [1.29, 1.82) is 0 Å². The third kappa shape index (κ3) is 16.3. The van der Waals surface area contributed by atoms with Crippen LogP contribution in [0, 0.1) is 21.7 Å². The van der Waals surface area contributed by atoms with Gasteiger partial charge in [-0.2, -0.15) is 0 Å². The molecule has 4 aromatic carbocycles. The third-order valence-electron chi connectivity index (χ3n) is 11.9. The highest BCUT2D eigenvalue weighted by Crippen LogP contribution is 2.35. The molecule has 59 heavy (non-hydrogen) atoms. The summed E-state index contributed by atoms with van der Waals surface area (Å²) in [4.78, 5) is 0. The maximum atomic E-state index is 3.63. The minimum absolute atomic E-state index is 0.398. The van der Waals surface area contributed by atoms with Crippen molar-refractivity contribution in [3.8, 4) is 0 Å². The summed E-state index contributed by atoms with van der Waals surface area (Å²) < 4.78 is 0. The summed E-state index contributed by atoms with van der Waals surface area (Å²) >= 11 is 0. The van der Waals surface area contributed by atoms with E-state index in [-0.39, 0.29) is 0 Å². The van der Waals surface area contributed by atoms with E-state index in [1.54, 1.807) is 0 Å². The maximum Gasteiger partial charge on any atom is 0.0331 e. The van der Waals surface area contributed by atoms with Gasteiger partial charge in [-0.15, -0.1) is 0 Å². The predicted octanol–water partition coefficient (Wildman–Crippen LogP) is 12.7. The van der Waals surface area contributed by atoms with Crippen LogP contribution in [-0.4, -0.2) is 18.1 Å². The topological polar surface area (TPSA) is 48.1 Å². The van der Waals surface area contributed by atoms with Crippen LogP contribution < -0.4 is 21.3 Å². The van der Waals surface area contributed by atoms with Crippen LogP contribution >= 0.6 is 0 Å². The Bertz CT molecular complexity index is 1720. The molecule has 4 heterocycles. The molecule has 8 rings (SSSR count). The molecule has 4 atom stereocenters. The fourth-order valence-electron chi connectivity index (χ4n) is 9.39. The number of hydrogen-bond donors (Lipinski definition) is 4. The normalized spacial score (nSPS) is 21.1. The van der Waals surface area contributed by atoms with Gasteiger partial charge in [-0.3, -0.25) is 0 Å². The Morgan fingerprint density at radius 1 is 0.339 bits per heavy atom. The van der Waals surface area contributed by atoms with Gasteiger partial charge in [-0.05, 0) is 111 Å². The number of nitrogens with one attached hydrogen (secondary N) is 4. The van der Waals surface area contributed by atoms with Crippen LogP contribution in [0.2, 0.25) is 0 Å². The van der Waals surface area contributed by atoms with Crippen LogP contribution in [0.5, 0.6) is 0 Å². The van der Waals surface area contributed by atoms with E-state index in [2.05, 4.69) is 201 Å². The largest absolute Gasteiger partial charge is 0.310 e. The van der Waals surface area contributed by atoms with Crippen molar-refractivity contribution in [3.05, 3.63) is 142 Å². The molecular weight excluding hydrogens is 717 g/mol. The van der Waals surface area contributed by atoms with Gasteiger partial charge in [-0.1, -0.05) is 180 Å². The summed E-state index contributed by atoms with van der Waals surface area (Å²) in [5.74, 6) is 0. The fraction of sp³-hybridized carbons (Fsp3) is 0.564. The number of fused-ring (bicyclic) bond motifs is 4. The lowest BCUT2D eigenvalue weighted by atomic mass is 9.83. The predicted molar refractivity (Wildman–Crippen MR) is 255 cm³/mol. The Kier molecular flexibility index (Phi) is 16.3. The molecule has 4 N–H and O–H groups in total. The van der Waals surface area contributed by atoms with Gasteiger partial charge in [0.1, 0.15) is 0 Å². The van der Waals surface area contributed by atoms with Gasteiger partial charge < -0.3 is 21.3 Å². The summed E-state index contributed by atoms with van der Waals surface area (Å²) in [6.07, 6.45) is 8.53. The van der Waals surface area contributed by atoms with Gasteiger partial charge in [0.2, 0.25) is 0 Å². The van der Waals surface area contributed by atoms with Crippen molar-refractivity contribution < 1.29 is 0 Å². The molecule has 0 fully saturated rings. The van der Waals surface area contributed by atoms with Crippen molar-refractivity contribution >= 4 is 0 Å². The van der Waals surface area contributed by atoms with E-state index in [9.17, 15) is 0 Å². The highest BCUT2D eigenvalue weighted by atomic mass is 14.9. The van der Waals surface area contributed by atoms with E-state index < -0.39 is 0 Å².